The van der Waals surface area contributed by atoms with E-state index in [1.54, 1.807) is 20.1 Å². The average Bonchev–Trinajstić information content (AvgIpc) is 2.68. The minimum atomic E-state index is -0.773. The van der Waals surface area contributed by atoms with Crippen molar-refractivity contribution in [2.75, 3.05) is 13.1 Å². The van der Waals surface area contributed by atoms with Gasteiger partial charge in [-0.1, -0.05) is 6.92 Å². The van der Waals surface area contributed by atoms with Crippen molar-refractivity contribution in [1.82, 2.24) is 4.90 Å². The van der Waals surface area contributed by atoms with Crippen LogP contribution >= 0.6 is 0 Å². The van der Waals surface area contributed by atoms with Crippen LogP contribution in [0, 0.1) is 5.41 Å². The molecule has 0 bridgehead atoms. The lowest BCUT2D eigenvalue weighted by molar-refractivity contribution is -0.148. The predicted molar refractivity (Wildman–Crippen MR) is 61.1 cm³/mol. The average molecular weight is 225 g/mol. The van der Waals surface area contributed by atoms with Gasteiger partial charge in [-0.25, -0.2) is 0 Å². The number of nitrogens with zero attached hydrogens (tertiary/aromatic N) is 1. The van der Waals surface area contributed by atoms with Gasteiger partial charge in [-0.3, -0.25) is 9.69 Å². The van der Waals surface area contributed by atoms with Crippen molar-refractivity contribution in [1.29, 1.82) is 0 Å². The van der Waals surface area contributed by atoms with Gasteiger partial charge >= 0.3 is 5.97 Å². The molecule has 0 aliphatic heterocycles. The van der Waals surface area contributed by atoms with Gasteiger partial charge in [0.25, 0.3) is 0 Å². The van der Waals surface area contributed by atoms with E-state index < -0.39 is 11.4 Å². The molecule has 0 saturated carbocycles. The van der Waals surface area contributed by atoms with E-state index >= 15 is 0 Å². The lowest BCUT2D eigenvalue weighted by atomic mass is 9.93. The van der Waals surface area contributed by atoms with Crippen LogP contribution in [0.5, 0.6) is 0 Å². The van der Waals surface area contributed by atoms with Crippen LogP contribution in [0.2, 0.25) is 0 Å². The van der Waals surface area contributed by atoms with E-state index in [2.05, 4.69) is 4.90 Å². The Kier molecular flexibility index (Phi) is 4.12. The summed E-state index contributed by atoms with van der Waals surface area (Å²) in [5, 5.41) is 9.06. The van der Waals surface area contributed by atoms with Gasteiger partial charge in [0, 0.05) is 6.54 Å². The molecule has 0 amide bonds. The first-order chi connectivity index (χ1) is 7.45. The molecule has 0 aliphatic rings. The van der Waals surface area contributed by atoms with Gasteiger partial charge in [-0.05, 0) is 32.5 Å². The molecule has 4 heteroatoms. The molecule has 1 aromatic heterocycles. The summed E-state index contributed by atoms with van der Waals surface area (Å²) < 4.78 is 5.25. The molecule has 0 spiro atoms. The molecule has 1 N–H and O–H groups in total. The number of hydrogen-bond donors (Lipinski definition) is 1. The molecule has 0 radical (unpaired) electrons. The zero-order valence-corrected chi connectivity index (χ0v) is 10.1. The number of aliphatic carboxylic acids is 1. The summed E-state index contributed by atoms with van der Waals surface area (Å²) in [6, 6.07) is 3.74. The molecular weight excluding hydrogens is 206 g/mol. The van der Waals surface area contributed by atoms with E-state index in [0.717, 1.165) is 12.3 Å². The molecule has 0 unspecified atom stereocenters. The highest BCUT2D eigenvalue weighted by molar-refractivity contribution is 5.73. The minimum absolute atomic E-state index is 0.513. The molecule has 16 heavy (non-hydrogen) atoms. The van der Waals surface area contributed by atoms with Crippen LogP contribution in [0.1, 0.15) is 26.5 Å². The topological polar surface area (TPSA) is 53.7 Å². The number of furan rings is 1. The lowest BCUT2D eigenvalue weighted by Crippen LogP contribution is -2.38. The van der Waals surface area contributed by atoms with E-state index in [9.17, 15) is 4.79 Å². The zero-order valence-electron chi connectivity index (χ0n) is 10.1. The van der Waals surface area contributed by atoms with Crippen LogP contribution < -0.4 is 0 Å². The second-order valence-electron chi connectivity index (χ2n) is 4.57. The Hall–Kier alpha value is -1.29. The van der Waals surface area contributed by atoms with Crippen molar-refractivity contribution in [3.63, 3.8) is 0 Å². The van der Waals surface area contributed by atoms with Crippen molar-refractivity contribution >= 4 is 5.97 Å². The number of carbonyl (C=O) groups is 1. The summed E-state index contributed by atoms with van der Waals surface area (Å²) in [6.45, 7) is 7.46. The van der Waals surface area contributed by atoms with Gasteiger partial charge in [0.1, 0.15) is 5.76 Å². The Labute approximate surface area is 95.9 Å². The second-order valence-corrected chi connectivity index (χ2v) is 4.57. The van der Waals surface area contributed by atoms with E-state index in [4.69, 9.17) is 9.52 Å². The van der Waals surface area contributed by atoms with Gasteiger partial charge < -0.3 is 9.52 Å². The Morgan fingerprint density at radius 2 is 2.25 bits per heavy atom. The Morgan fingerprint density at radius 3 is 2.69 bits per heavy atom. The van der Waals surface area contributed by atoms with Gasteiger partial charge in [0.2, 0.25) is 0 Å². The van der Waals surface area contributed by atoms with Crippen LogP contribution in [-0.4, -0.2) is 29.1 Å². The summed E-state index contributed by atoms with van der Waals surface area (Å²) in [7, 11) is 0. The number of hydrogen-bond acceptors (Lipinski definition) is 3. The van der Waals surface area contributed by atoms with E-state index in [1.807, 2.05) is 19.1 Å². The summed E-state index contributed by atoms with van der Waals surface area (Å²) >= 11 is 0. The minimum Gasteiger partial charge on any atom is -0.481 e. The van der Waals surface area contributed by atoms with Gasteiger partial charge in [-0.2, -0.15) is 0 Å². The van der Waals surface area contributed by atoms with Crippen molar-refractivity contribution in [3.05, 3.63) is 24.2 Å². The SMILES string of the molecule is CCN(Cc1ccco1)CC(C)(C)C(=O)O. The molecule has 4 nitrogen and oxygen atoms in total. The normalized spacial score (nSPS) is 12.0. The van der Waals surface area contributed by atoms with Crippen LogP contribution in [0.4, 0.5) is 0 Å². The van der Waals surface area contributed by atoms with Crippen molar-refractivity contribution in [2.45, 2.75) is 27.3 Å². The highest BCUT2D eigenvalue weighted by atomic mass is 16.4. The van der Waals surface area contributed by atoms with Crippen LogP contribution in [-0.2, 0) is 11.3 Å². The first kappa shape index (κ1) is 12.8. The molecule has 0 aliphatic carbocycles. The van der Waals surface area contributed by atoms with Crippen LogP contribution in [0.15, 0.2) is 22.8 Å². The van der Waals surface area contributed by atoms with Crippen molar-refractivity contribution in [3.8, 4) is 0 Å². The zero-order chi connectivity index (χ0) is 12.2. The van der Waals surface area contributed by atoms with E-state index in [0.29, 0.717) is 13.1 Å². The first-order valence-electron chi connectivity index (χ1n) is 5.44. The maximum absolute atomic E-state index is 11.0. The van der Waals surface area contributed by atoms with Gasteiger partial charge in [0.05, 0.1) is 18.2 Å². The quantitative estimate of drug-likeness (QED) is 0.806. The molecule has 0 aromatic carbocycles. The summed E-state index contributed by atoms with van der Waals surface area (Å²) in [4.78, 5) is 13.1. The molecule has 90 valence electrons. The molecular formula is C12H19NO3. The highest BCUT2D eigenvalue weighted by Crippen LogP contribution is 2.18. The lowest BCUT2D eigenvalue weighted by Gasteiger charge is -2.28. The third-order valence-electron chi connectivity index (χ3n) is 2.60. The van der Waals surface area contributed by atoms with Gasteiger partial charge in [-0.15, -0.1) is 0 Å². The Bertz CT molecular complexity index is 330. The van der Waals surface area contributed by atoms with Gasteiger partial charge in [0.15, 0.2) is 0 Å². The molecule has 1 heterocycles. The number of carboxylic acids is 1. The smallest absolute Gasteiger partial charge is 0.310 e. The molecule has 0 atom stereocenters. The fourth-order valence-corrected chi connectivity index (χ4v) is 1.53. The third kappa shape index (κ3) is 3.38. The Balaban J connectivity index is 2.59. The summed E-state index contributed by atoms with van der Waals surface area (Å²) in [5.41, 5.74) is -0.734. The number of carboxylic acid groups (broad SMARTS) is 1. The molecule has 0 fully saturated rings. The molecule has 1 rings (SSSR count). The van der Waals surface area contributed by atoms with Crippen molar-refractivity contribution in [2.24, 2.45) is 5.41 Å². The van der Waals surface area contributed by atoms with Crippen molar-refractivity contribution < 1.29 is 14.3 Å². The highest BCUT2D eigenvalue weighted by Gasteiger charge is 2.29. The van der Waals surface area contributed by atoms with Crippen LogP contribution in [0.25, 0.3) is 0 Å². The maximum atomic E-state index is 11.0. The maximum Gasteiger partial charge on any atom is 0.310 e. The van der Waals surface area contributed by atoms with E-state index in [1.165, 1.54) is 0 Å². The summed E-state index contributed by atoms with van der Waals surface area (Å²) in [5.74, 6) is 0.0911. The largest absolute Gasteiger partial charge is 0.481 e. The fraction of sp³-hybridized carbons (Fsp3) is 0.583. The predicted octanol–water partition coefficient (Wildman–Crippen LogP) is 2.21. The van der Waals surface area contributed by atoms with E-state index in [-0.39, 0.29) is 0 Å². The number of rotatable bonds is 6. The molecule has 0 saturated heterocycles. The fourth-order valence-electron chi connectivity index (χ4n) is 1.53. The monoisotopic (exact) mass is 225 g/mol. The Morgan fingerprint density at radius 1 is 1.56 bits per heavy atom. The van der Waals surface area contributed by atoms with Crippen LogP contribution in [0.3, 0.4) is 0 Å². The third-order valence-corrected chi connectivity index (χ3v) is 2.60. The second kappa shape index (κ2) is 5.16. The standard InChI is InChI=1S/C12H19NO3/c1-4-13(8-10-6-5-7-16-10)9-12(2,3)11(14)15/h5-7H,4,8-9H2,1-3H3,(H,14,15). The summed E-state index contributed by atoms with van der Waals surface area (Å²) in [6.07, 6.45) is 1.63. The molecule has 1 aromatic rings. The first-order valence-corrected chi connectivity index (χ1v) is 5.44.